The zero-order chi connectivity index (χ0) is 26.2. The summed E-state index contributed by atoms with van der Waals surface area (Å²) in [6.07, 6.45) is 3.11. The van der Waals surface area contributed by atoms with Crippen molar-refractivity contribution < 1.29 is 18.0 Å². The first-order valence-corrected chi connectivity index (χ1v) is 14.1. The van der Waals surface area contributed by atoms with Crippen LogP contribution in [0.25, 0.3) is 0 Å². The maximum Gasteiger partial charge on any atom is 0.244 e. The van der Waals surface area contributed by atoms with Crippen molar-refractivity contribution in [2.45, 2.75) is 52.6 Å². The molecule has 0 heterocycles. The third-order valence-electron chi connectivity index (χ3n) is 5.70. The van der Waals surface area contributed by atoms with Gasteiger partial charge < -0.3 is 10.2 Å². The Morgan fingerprint density at radius 2 is 1.74 bits per heavy atom. The Hall–Kier alpha value is -2.29. The van der Waals surface area contributed by atoms with E-state index in [2.05, 4.69) is 5.32 Å². The van der Waals surface area contributed by atoms with E-state index in [1.165, 1.54) is 17.0 Å². The van der Waals surface area contributed by atoms with E-state index in [0.717, 1.165) is 34.5 Å². The third kappa shape index (κ3) is 7.85. The molecule has 0 aliphatic rings. The van der Waals surface area contributed by atoms with Gasteiger partial charge in [0, 0.05) is 13.1 Å². The van der Waals surface area contributed by atoms with E-state index in [9.17, 15) is 18.0 Å². The summed E-state index contributed by atoms with van der Waals surface area (Å²) in [4.78, 5) is 28.2. The van der Waals surface area contributed by atoms with Crippen LogP contribution < -0.4 is 9.62 Å². The Bertz CT molecular complexity index is 1140. The van der Waals surface area contributed by atoms with E-state index in [0.29, 0.717) is 13.0 Å². The Morgan fingerprint density at radius 3 is 2.34 bits per heavy atom. The smallest absolute Gasteiger partial charge is 0.244 e. The molecule has 0 bridgehead atoms. The molecule has 0 aliphatic heterocycles. The predicted molar refractivity (Wildman–Crippen MR) is 142 cm³/mol. The van der Waals surface area contributed by atoms with Gasteiger partial charge in [-0.3, -0.25) is 13.9 Å². The predicted octanol–water partition coefficient (Wildman–Crippen LogP) is 4.79. The van der Waals surface area contributed by atoms with E-state index >= 15 is 0 Å². The van der Waals surface area contributed by atoms with Crippen LogP contribution in [-0.2, 0) is 26.2 Å². The molecule has 192 valence electrons. The summed E-state index contributed by atoms with van der Waals surface area (Å²) in [6.45, 7) is 5.92. The molecule has 0 aromatic heterocycles. The van der Waals surface area contributed by atoms with E-state index in [-0.39, 0.29) is 28.2 Å². The van der Waals surface area contributed by atoms with Crippen molar-refractivity contribution in [1.29, 1.82) is 0 Å². The van der Waals surface area contributed by atoms with Gasteiger partial charge in [-0.15, -0.1) is 0 Å². The standard InChI is InChI=1S/C25H33Cl2N3O4S/c1-5-7-15-28-25(32)21(6-2)29(16-19-12-9-8-11-18(19)3)23(31)17-30(35(4,33)34)22-14-10-13-20(26)24(22)27/h8-14,21H,5-7,15-17H2,1-4H3,(H,28,32)/t21-/m1/s1. The first-order valence-electron chi connectivity index (χ1n) is 11.5. The van der Waals surface area contributed by atoms with Gasteiger partial charge in [0.2, 0.25) is 21.8 Å². The summed E-state index contributed by atoms with van der Waals surface area (Å²) in [5.41, 5.74) is 1.93. The topological polar surface area (TPSA) is 86.8 Å². The maximum absolute atomic E-state index is 13.7. The van der Waals surface area contributed by atoms with Crippen molar-refractivity contribution in [2.24, 2.45) is 0 Å². The Kier molecular flexibility index (Phi) is 10.9. The molecule has 2 aromatic rings. The molecular weight excluding hydrogens is 509 g/mol. The minimum absolute atomic E-state index is 0.0298. The second-order valence-electron chi connectivity index (χ2n) is 8.36. The molecule has 2 amide bonds. The van der Waals surface area contributed by atoms with E-state index in [4.69, 9.17) is 23.2 Å². The second kappa shape index (κ2) is 13.1. The van der Waals surface area contributed by atoms with Gasteiger partial charge in [0.05, 0.1) is 22.0 Å². The minimum atomic E-state index is -3.89. The highest BCUT2D eigenvalue weighted by molar-refractivity contribution is 7.92. The van der Waals surface area contributed by atoms with Gasteiger partial charge in [-0.05, 0) is 43.0 Å². The number of aryl methyl sites for hydroxylation is 1. The first-order chi connectivity index (χ1) is 16.5. The molecule has 0 saturated heterocycles. The molecule has 0 unspecified atom stereocenters. The monoisotopic (exact) mass is 541 g/mol. The van der Waals surface area contributed by atoms with Gasteiger partial charge in [-0.2, -0.15) is 0 Å². The number of carbonyl (C=O) groups is 2. The fourth-order valence-corrected chi connectivity index (χ4v) is 4.98. The fraction of sp³-hybridized carbons (Fsp3) is 0.440. The fourth-order valence-electron chi connectivity index (χ4n) is 3.68. The molecule has 35 heavy (non-hydrogen) atoms. The van der Waals surface area contributed by atoms with Gasteiger partial charge >= 0.3 is 0 Å². The number of halogens is 2. The third-order valence-corrected chi connectivity index (χ3v) is 7.63. The molecular formula is C25H33Cl2N3O4S. The zero-order valence-corrected chi connectivity index (χ0v) is 22.9. The van der Waals surface area contributed by atoms with Crippen molar-refractivity contribution in [3.05, 3.63) is 63.6 Å². The molecule has 0 spiro atoms. The van der Waals surface area contributed by atoms with E-state index in [1.54, 1.807) is 6.07 Å². The quantitative estimate of drug-likeness (QED) is 0.391. The van der Waals surface area contributed by atoms with Crippen LogP contribution in [0.4, 0.5) is 5.69 Å². The highest BCUT2D eigenvalue weighted by Crippen LogP contribution is 2.33. The number of hydrogen-bond acceptors (Lipinski definition) is 4. The lowest BCUT2D eigenvalue weighted by Crippen LogP contribution is -2.52. The molecule has 0 radical (unpaired) electrons. The van der Waals surface area contributed by atoms with Gasteiger partial charge in [0.1, 0.15) is 12.6 Å². The molecule has 1 atom stereocenters. The normalized spacial score (nSPS) is 12.2. The molecule has 0 fully saturated rings. The van der Waals surface area contributed by atoms with Crippen LogP contribution in [0.15, 0.2) is 42.5 Å². The summed E-state index contributed by atoms with van der Waals surface area (Å²) in [7, 11) is -3.89. The van der Waals surface area contributed by atoms with E-state index in [1.807, 2.05) is 45.0 Å². The zero-order valence-electron chi connectivity index (χ0n) is 20.6. The number of carbonyl (C=O) groups excluding carboxylic acids is 2. The van der Waals surface area contributed by atoms with Gasteiger partial charge in [0.25, 0.3) is 0 Å². The van der Waals surface area contributed by atoms with Crippen LogP contribution in [-0.4, -0.2) is 50.5 Å². The van der Waals surface area contributed by atoms with Crippen molar-refractivity contribution in [3.63, 3.8) is 0 Å². The van der Waals surface area contributed by atoms with Crippen LogP contribution in [0.5, 0.6) is 0 Å². The molecule has 0 aliphatic carbocycles. The number of anilines is 1. The molecule has 10 heteroatoms. The average Bonchev–Trinajstić information content (AvgIpc) is 2.80. The van der Waals surface area contributed by atoms with Gasteiger partial charge in [0.15, 0.2) is 0 Å². The maximum atomic E-state index is 13.7. The Morgan fingerprint density at radius 1 is 1.06 bits per heavy atom. The number of sulfonamides is 1. The summed E-state index contributed by atoms with van der Waals surface area (Å²) >= 11 is 12.4. The van der Waals surface area contributed by atoms with Crippen molar-refractivity contribution in [3.8, 4) is 0 Å². The van der Waals surface area contributed by atoms with Gasteiger partial charge in [-0.1, -0.05) is 73.8 Å². The van der Waals surface area contributed by atoms with Crippen LogP contribution >= 0.6 is 23.2 Å². The lowest BCUT2D eigenvalue weighted by molar-refractivity contribution is -0.140. The van der Waals surface area contributed by atoms with Crippen LogP contribution in [0.1, 0.15) is 44.2 Å². The molecule has 7 nitrogen and oxygen atoms in total. The van der Waals surface area contributed by atoms with Crippen molar-refractivity contribution >= 4 is 50.7 Å². The van der Waals surface area contributed by atoms with Gasteiger partial charge in [-0.25, -0.2) is 8.42 Å². The summed E-state index contributed by atoms with van der Waals surface area (Å²) in [5.74, 6) is -0.790. The highest BCUT2D eigenvalue weighted by Gasteiger charge is 2.32. The second-order valence-corrected chi connectivity index (χ2v) is 11.1. The largest absolute Gasteiger partial charge is 0.354 e. The number of benzene rings is 2. The van der Waals surface area contributed by atoms with Crippen LogP contribution in [0, 0.1) is 6.92 Å². The van der Waals surface area contributed by atoms with Crippen LogP contribution in [0.3, 0.4) is 0 Å². The molecule has 2 rings (SSSR count). The number of nitrogens with zero attached hydrogens (tertiary/aromatic N) is 2. The van der Waals surface area contributed by atoms with Crippen molar-refractivity contribution in [1.82, 2.24) is 10.2 Å². The van der Waals surface area contributed by atoms with E-state index < -0.39 is 28.5 Å². The Balaban J connectivity index is 2.46. The number of unbranched alkanes of at least 4 members (excludes halogenated alkanes) is 1. The van der Waals surface area contributed by atoms with Crippen LogP contribution in [0.2, 0.25) is 10.0 Å². The number of amides is 2. The summed E-state index contributed by atoms with van der Waals surface area (Å²) in [6, 6.07) is 11.4. The van der Waals surface area contributed by atoms with Crippen molar-refractivity contribution in [2.75, 3.05) is 23.7 Å². The minimum Gasteiger partial charge on any atom is -0.354 e. The molecule has 0 saturated carbocycles. The highest BCUT2D eigenvalue weighted by atomic mass is 35.5. The number of nitrogens with one attached hydrogen (secondary N) is 1. The lowest BCUT2D eigenvalue weighted by Gasteiger charge is -2.33. The SMILES string of the molecule is CCCCNC(=O)[C@@H](CC)N(Cc1ccccc1C)C(=O)CN(c1cccc(Cl)c1Cl)S(C)(=O)=O. The summed E-state index contributed by atoms with van der Waals surface area (Å²) < 4.78 is 26.3. The summed E-state index contributed by atoms with van der Waals surface area (Å²) in [5, 5.41) is 3.10. The average molecular weight is 543 g/mol. The molecule has 2 aromatic carbocycles. The molecule has 1 N–H and O–H groups in total. The lowest BCUT2D eigenvalue weighted by atomic mass is 10.1. The first kappa shape index (κ1) is 28.9. The number of rotatable bonds is 12. The Labute approximate surface area is 218 Å². The number of hydrogen-bond donors (Lipinski definition) is 1.